The van der Waals surface area contributed by atoms with Crippen LogP contribution in [0, 0.1) is 19.8 Å². The van der Waals surface area contributed by atoms with Crippen molar-refractivity contribution >= 4 is 29.3 Å². The van der Waals surface area contributed by atoms with Gasteiger partial charge in [0.2, 0.25) is 11.7 Å². The van der Waals surface area contributed by atoms with Gasteiger partial charge in [0.1, 0.15) is 5.75 Å². The first-order valence-corrected chi connectivity index (χ1v) is 9.69. The third-order valence-electron chi connectivity index (χ3n) is 5.29. The second kappa shape index (κ2) is 9.03. The van der Waals surface area contributed by atoms with Gasteiger partial charge in [-0.2, -0.15) is 0 Å². The molecule has 0 radical (unpaired) electrons. The number of nitrogens with one attached hydrogen (secondary N) is 1. The van der Waals surface area contributed by atoms with Gasteiger partial charge in [0, 0.05) is 18.7 Å². The van der Waals surface area contributed by atoms with Gasteiger partial charge in [-0.15, -0.1) is 0 Å². The molecule has 3 rings (SSSR count). The van der Waals surface area contributed by atoms with E-state index >= 15 is 0 Å². The second-order valence-corrected chi connectivity index (χ2v) is 7.22. The Kier molecular flexibility index (Phi) is 6.43. The normalized spacial score (nSPS) is 15.7. The van der Waals surface area contributed by atoms with Gasteiger partial charge in [-0.3, -0.25) is 14.4 Å². The number of anilines is 1. The van der Waals surface area contributed by atoms with E-state index in [0.29, 0.717) is 22.7 Å². The quantitative estimate of drug-likeness (QED) is 0.531. The monoisotopic (exact) mass is 428 g/mol. The summed E-state index contributed by atoms with van der Waals surface area (Å²) < 4.78 is 15.2. The number of rotatable bonds is 7. The molecule has 2 aromatic rings. The van der Waals surface area contributed by atoms with E-state index in [-0.39, 0.29) is 30.1 Å². The number of aromatic amines is 1. The SMILES string of the molecule is COC(=O)c1c(C)[nH]c(C(=O)COC(=O)C2CC(=O)N(c3ccccc3OC)C2)c1C. The van der Waals surface area contributed by atoms with E-state index in [0.717, 1.165) is 0 Å². The Balaban J connectivity index is 1.65. The van der Waals surface area contributed by atoms with Crippen molar-refractivity contribution in [3.05, 3.63) is 46.8 Å². The first-order valence-electron chi connectivity index (χ1n) is 9.69. The fraction of sp³-hybridized carbons (Fsp3) is 0.364. The van der Waals surface area contributed by atoms with Crippen LogP contribution in [0.15, 0.2) is 24.3 Å². The predicted molar refractivity (Wildman–Crippen MR) is 110 cm³/mol. The van der Waals surface area contributed by atoms with Crippen molar-refractivity contribution in [1.82, 2.24) is 4.98 Å². The summed E-state index contributed by atoms with van der Waals surface area (Å²) in [6.45, 7) is 2.91. The highest BCUT2D eigenvalue weighted by atomic mass is 16.5. The summed E-state index contributed by atoms with van der Waals surface area (Å²) >= 11 is 0. The Morgan fingerprint density at radius 2 is 1.87 bits per heavy atom. The number of benzene rings is 1. The number of esters is 2. The topological polar surface area (TPSA) is 115 Å². The van der Waals surface area contributed by atoms with Gasteiger partial charge in [-0.1, -0.05) is 12.1 Å². The molecule has 1 unspecified atom stereocenters. The zero-order chi connectivity index (χ0) is 22.7. The Morgan fingerprint density at radius 3 is 2.55 bits per heavy atom. The minimum atomic E-state index is -0.692. The number of para-hydroxylation sites is 2. The van der Waals surface area contributed by atoms with Crippen molar-refractivity contribution in [2.24, 2.45) is 5.92 Å². The number of Topliss-reactive ketones (excluding diaryl/α,β-unsaturated/α-hetero) is 1. The summed E-state index contributed by atoms with van der Waals surface area (Å²) in [7, 11) is 2.77. The van der Waals surface area contributed by atoms with Crippen LogP contribution in [0.1, 0.15) is 38.5 Å². The highest BCUT2D eigenvalue weighted by molar-refractivity contribution is 6.03. The number of ketones is 1. The number of carbonyl (C=O) groups excluding carboxylic acids is 4. The van der Waals surface area contributed by atoms with Crippen LogP contribution in [0.4, 0.5) is 5.69 Å². The maximum Gasteiger partial charge on any atom is 0.339 e. The standard InChI is InChI=1S/C22H24N2O7/c1-12-19(22(28)30-4)13(2)23-20(12)16(25)11-31-21(27)14-9-18(26)24(10-14)15-7-5-6-8-17(15)29-3/h5-8,14,23H,9-11H2,1-4H3. The molecule has 0 saturated carbocycles. The van der Waals surface area contributed by atoms with Crippen LogP contribution in [0.3, 0.4) is 0 Å². The second-order valence-electron chi connectivity index (χ2n) is 7.22. The summed E-state index contributed by atoms with van der Waals surface area (Å²) in [5.74, 6) is -2.05. The van der Waals surface area contributed by atoms with Gasteiger partial charge >= 0.3 is 11.9 Å². The van der Waals surface area contributed by atoms with Crippen molar-refractivity contribution in [3.63, 3.8) is 0 Å². The van der Waals surface area contributed by atoms with Crippen LogP contribution >= 0.6 is 0 Å². The molecule has 0 aliphatic carbocycles. The maximum atomic E-state index is 12.5. The van der Waals surface area contributed by atoms with Gasteiger partial charge in [-0.25, -0.2) is 4.79 Å². The zero-order valence-electron chi connectivity index (χ0n) is 17.8. The number of hydrogen-bond acceptors (Lipinski definition) is 7. The smallest absolute Gasteiger partial charge is 0.339 e. The lowest BCUT2D eigenvalue weighted by Gasteiger charge is -2.19. The van der Waals surface area contributed by atoms with Gasteiger partial charge in [0.25, 0.3) is 0 Å². The summed E-state index contributed by atoms with van der Waals surface area (Å²) in [6, 6.07) is 7.04. The number of methoxy groups -OCH3 is 2. The molecular formula is C22H24N2O7. The molecule has 9 nitrogen and oxygen atoms in total. The van der Waals surface area contributed by atoms with Crippen LogP contribution in [0.2, 0.25) is 0 Å². The Labute approximate surface area is 179 Å². The number of aryl methyl sites for hydroxylation is 1. The molecule has 1 aliphatic heterocycles. The molecule has 9 heteroatoms. The van der Waals surface area contributed by atoms with Gasteiger partial charge in [0.15, 0.2) is 6.61 Å². The third kappa shape index (κ3) is 4.30. The Morgan fingerprint density at radius 1 is 1.16 bits per heavy atom. The van der Waals surface area contributed by atoms with Gasteiger partial charge < -0.3 is 24.1 Å². The van der Waals surface area contributed by atoms with E-state index < -0.39 is 30.2 Å². The lowest BCUT2D eigenvalue weighted by molar-refractivity contribution is -0.147. The molecule has 1 aromatic carbocycles. The zero-order valence-corrected chi connectivity index (χ0v) is 17.8. The van der Waals surface area contributed by atoms with Crippen LogP contribution in [-0.2, 0) is 19.1 Å². The molecule has 1 amide bonds. The van der Waals surface area contributed by atoms with Crippen LogP contribution in [0.25, 0.3) is 0 Å². The number of amides is 1. The fourth-order valence-electron chi connectivity index (χ4n) is 3.71. The summed E-state index contributed by atoms with van der Waals surface area (Å²) in [5.41, 5.74) is 1.97. The number of H-pyrrole nitrogens is 1. The predicted octanol–water partition coefficient (Wildman–Crippen LogP) is 2.21. The molecule has 164 valence electrons. The minimum absolute atomic E-state index is 0.0157. The number of aromatic nitrogens is 1. The number of carbonyl (C=O) groups is 4. The highest BCUT2D eigenvalue weighted by Crippen LogP contribution is 2.33. The molecule has 0 spiro atoms. The maximum absolute atomic E-state index is 12.5. The Bertz CT molecular complexity index is 1040. The molecule has 1 aromatic heterocycles. The van der Waals surface area contributed by atoms with E-state index in [1.807, 2.05) is 0 Å². The van der Waals surface area contributed by atoms with E-state index in [9.17, 15) is 19.2 Å². The van der Waals surface area contributed by atoms with Crippen LogP contribution < -0.4 is 9.64 Å². The van der Waals surface area contributed by atoms with E-state index in [1.54, 1.807) is 38.1 Å². The average molecular weight is 428 g/mol. The molecule has 1 aliphatic rings. The largest absolute Gasteiger partial charge is 0.495 e. The number of ether oxygens (including phenoxy) is 3. The van der Waals surface area contributed by atoms with E-state index in [1.165, 1.54) is 19.1 Å². The molecule has 31 heavy (non-hydrogen) atoms. The molecule has 2 heterocycles. The van der Waals surface area contributed by atoms with Crippen molar-refractivity contribution in [1.29, 1.82) is 0 Å². The van der Waals surface area contributed by atoms with Crippen molar-refractivity contribution < 1.29 is 33.4 Å². The van der Waals surface area contributed by atoms with Gasteiger partial charge in [0.05, 0.1) is 37.1 Å². The van der Waals surface area contributed by atoms with Crippen LogP contribution in [0.5, 0.6) is 5.75 Å². The lowest BCUT2D eigenvalue weighted by atomic mass is 10.1. The first kappa shape index (κ1) is 22.1. The van der Waals surface area contributed by atoms with Gasteiger partial charge in [-0.05, 0) is 31.5 Å². The molecular weight excluding hydrogens is 404 g/mol. The summed E-state index contributed by atoms with van der Waals surface area (Å²) in [5, 5.41) is 0. The average Bonchev–Trinajstić information content (AvgIpc) is 3.30. The molecule has 1 atom stereocenters. The fourth-order valence-corrected chi connectivity index (χ4v) is 3.71. The first-order chi connectivity index (χ1) is 14.8. The van der Waals surface area contributed by atoms with Crippen molar-refractivity contribution in [2.75, 3.05) is 32.3 Å². The molecule has 1 fully saturated rings. The van der Waals surface area contributed by atoms with Crippen LogP contribution in [-0.4, -0.2) is 56.0 Å². The summed E-state index contributed by atoms with van der Waals surface area (Å²) in [6.07, 6.45) is -0.0157. The minimum Gasteiger partial charge on any atom is -0.495 e. The Hall–Kier alpha value is -3.62. The summed E-state index contributed by atoms with van der Waals surface area (Å²) in [4.78, 5) is 53.7. The molecule has 1 saturated heterocycles. The molecule has 1 N–H and O–H groups in total. The number of nitrogens with zero attached hydrogens (tertiary/aromatic N) is 1. The number of hydrogen-bond donors (Lipinski definition) is 1. The lowest BCUT2D eigenvalue weighted by Crippen LogP contribution is -2.27. The van der Waals surface area contributed by atoms with E-state index in [2.05, 4.69) is 4.98 Å². The highest BCUT2D eigenvalue weighted by Gasteiger charge is 2.37. The molecule has 0 bridgehead atoms. The van der Waals surface area contributed by atoms with E-state index in [4.69, 9.17) is 14.2 Å². The van der Waals surface area contributed by atoms with Crippen molar-refractivity contribution in [2.45, 2.75) is 20.3 Å². The van der Waals surface area contributed by atoms with Crippen molar-refractivity contribution in [3.8, 4) is 5.75 Å². The third-order valence-corrected chi connectivity index (χ3v) is 5.29.